The van der Waals surface area contributed by atoms with E-state index in [1.165, 1.54) is 44.9 Å². The van der Waals surface area contributed by atoms with Crippen LogP contribution < -0.4 is 5.32 Å². The highest BCUT2D eigenvalue weighted by molar-refractivity contribution is 6.04. The lowest BCUT2D eigenvalue weighted by Gasteiger charge is -2.21. The van der Waals surface area contributed by atoms with Gasteiger partial charge in [-0.2, -0.15) is 0 Å². The number of amides is 1. The summed E-state index contributed by atoms with van der Waals surface area (Å²) in [5.41, 5.74) is 3.06. The van der Waals surface area contributed by atoms with Crippen LogP contribution >= 0.6 is 0 Å². The molecule has 0 spiro atoms. The molecule has 0 atom stereocenters. The Bertz CT molecular complexity index is 698. The van der Waals surface area contributed by atoms with Gasteiger partial charge in [0.25, 0.3) is 5.91 Å². The van der Waals surface area contributed by atoms with Gasteiger partial charge in [-0.1, -0.05) is 32.1 Å². The summed E-state index contributed by atoms with van der Waals surface area (Å²) in [5.74, 6) is 1.30. The molecule has 2 aromatic rings. The third-order valence-corrected chi connectivity index (χ3v) is 5.20. The Labute approximate surface area is 136 Å². The molecular weight excluding hydrogens is 288 g/mol. The molecule has 2 aliphatic rings. The SMILES string of the molecule is O=C(NCCC1CCCCC1)c1c[nH]c2ncc(C3CC3)nc12. The maximum absolute atomic E-state index is 12.5. The van der Waals surface area contributed by atoms with Crippen molar-refractivity contribution in [3.05, 3.63) is 23.7 Å². The molecule has 0 unspecified atom stereocenters. The number of fused-ring (bicyclic) bond motifs is 1. The van der Waals surface area contributed by atoms with E-state index in [1.54, 1.807) is 6.20 Å². The van der Waals surface area contributed by atoms with E-state index in [-0.39, 0.29) is 5.91 Å². The highest BCUT2D eigenvalue weighted by Gasteiger charge is 2.26. The summed E-state index contributed by atoms with van der Waals surface area (Å²) < 4.78 is 0. The maximum Gasteiger partial charge on any atom is 0.255 e. The van der Waals surface area contributed by atoms with Crippen LogP contribution in [0.4, 0.5) is 0 Å². The van der Waals surface area contributed by atoms with Crippen molar-refractivity contribution in [1.82, 2.24) is 20.3 Å². The summed E-state index contributed by atoms with van der Waals surface area (Å²) in [6.45, 7) is 0.756. The zero-order valence-corrected chi connectivity index (χ0v) is 13.5. The van der Waals surface area contributed by atoms with E-state index in [2.05, 4.69) is 20.3 Å². The lowest BCUT2D eigenvalue weighted by atomic mass is 9.87. The fraction of sp³-hybridized carbons (Fsp3) is 0.611. The van der Waals surface area contributed by atoms with Crippen LogP contribution in [0.5, 0.6) is 0 Å². The predicted octanol–water partition coefficient (Wildman–Crippen LogP) is 3.54. The molecule has 0 aromatic carbocycles. The molecule has 5 heteroatoms. The molecule has 2 fully saturated rings. The average Bonchev–Trinajstić information content (AvgIpc) is 3.35. The molecule has 0 aliphatic heterocycles. The van der Waals surface area contributed by atoms with Crippen LogP contribution in [0.1, 0.15) is 73.3 Å². The van der Waals surface area contributed by atoms with Crippen LogP contribution in [-0.2, 0) is 0 Å². The molecule has 1 amide bonds. The molecule has 0 bridgehead atoms. The van der Waals surface area contributed by atoms with Crippen molar-refractivity contribution in [1.29, 1.82) is 0 Å². The van der Waals surface area contributed by atoms with Crippen LogP contribution in [0.2, 0.25) is 0 Å². The lowest BCUT2D eigenvalue weighted by molar-refractivity contribution is 0.0952. The smallest absolute Gasteiger partial charge is 0.255 e. The van der Waals surface area contributed by atoms with Crippen molar-refractivity contribution >= 4 is 17.1 Å². The number of nitrogens with zero attached hydrogens (tertiary/aromatic N) is 2. The standard InChI is InChI=1S/C18H24N4O/c23-18(19-9-8-12-4-2-1-3-5-12)14-10-20-17-16(14)22-15(11-21-17)13-6-7-13/h10-13H,1-9H2,(H,19,23)(H,20,21). The van der Waals surface area contributed by atoms with Crippen molar-refractivity contribution < 1.29 is 4.79 Å². The zero-order chi connectivity index (χ0) is 15.6. The predicted molar refractivity (Wildman–Crippen MR) is 89.4 cm³/mol. The van der Waals surface area contributed by atoms with Gasteiger partial charge in [0.05, 0.1) is 17.5 Å². The second kappa shape index (κ2) is 6.30. The van der Waals surface area contributed by atoms with Crippen LogP contribution in [0, 0.1) is 5.92 Å². The van der Waals surface area contributed by atoms with Crippen molar-refractivity contribution in [2.24, 2.45) is 5.92 Å². The Hall–Kier alpha value is -1.91. The van der Waals surface area contributed by atoms with E-state index in [0.717, 1.165) is 24.6 Å². The quantitative estimate of drug-likeness (QED) is 0.887. The molecule has 0 saturated heterocycles. The fourth-order valence-electron chi connectivity index (χ4n) is 3.61. The van der Waals surface area contributed by atoms with Gasteiger partial charge >= 0.3 is 0 Å². The number of H-pyrrole nitrogens is 1. The van der Waals surface area contributed by atoms with Crippen LogP contribution in [0.3, 0.4) is 0 Å². The first-order valence-corrected chi connectivity index (χ1v) is 8.93. The third kappa shape index (κ3) is 3.23. The second-order valence-electron chi connectivity index (χ2n) is 7.02. The Kier molecular flexibility index (Phi) is 4.02. The number of hydrogen-bond acceptors (Lipinski definition) is 3. The zero-order valence-electron chi connectivity index (χ0n) is 13.5. The van der Waals surface area contributed by atoms with E-state index in [0.29, 0.717) is 22.6 Å². The van der Waals surface area contributed by atoms with Gasteiger partial charge in [-0.25, -0.2) is 9.97 Å². The van der Waals surface area contributed by atoms with Crippen molar-refractivity contribution in [3.8, 4) is 0 Å². The van der Waals surface area contributed by atoms with Gasteiger partial charge in [-0.3, -0.25) is 4.79 Å². The number of carbonyl (C=O) groups is 1. The van der Waals surface area contributed by atoms with Crippen molar-refractivity contribution in [3.63, 3.8) is 0 Å². The first kappa shape index (κ1) is 14.7. The monoisotopic (exact) mass is 312 g/mol. The number of nitrogens with one attached hydrogen (secondary N) is 2. The van der Waals surface area contributed by atoms with Gasteiger partial charge in [0.15, 0.2) is 5.65 Å². The molecule has 0 radical (unpaired) electrons. The van der Waals surface area contributed by atoms with Crippen molar-refractivity contribution in [2.75, 3.05) is 6.54 Å². The van der Waals surface area contributed by atoms with Gasteiger partial charge in [0, 0.05) is 18.7 Å². The molecule has 2 heterocycles. The van der Waals surface area contributed by atoms with Gasteiger partial charge < -0.3 is 10.3 Å². The fourth-order valence-corrected chi connectivity index (χ4v) is 3.61. The van der Waals surface area contributed by atoms with Gasteiger partial charge in [-0.05, 0) is 25.2 Å². The number of carbonyl (C=O) groups excluding carboxylic acids is 1. The Balaban J connectivity index is 1.41. The summed E-state index contributed by atoms with van der Waals surface area (Å²) in [5, 5.41) is 3.06. The van der Waals surface area contributed by atoms with Gasteiger partial charge in [0.1, 0.15) is 5.52 Å². The first-order chi connectivity index (χ1) is 11.3. The highest BCUT2D eigenvalue weighted by atomic mass is 16.1. The lowest BCUT2D eigenvalue weighted by Crippen LogP contribution is -2.26. The molecule has 2 aromatic heterocycles. The minimum Gasteiger partial charge on any atom is -0.352 e. The molecule has 122 valence electrons. The Morgan fingerprint density at radius 1 is 1.22 bits per heavy atom. The van der Waals surface area contributed by atoms with Crippen molar-refractivity contribution in [2.45, 2.75) is 57.3 Å². The van der Waals surface area contributed by atoms with Crippen LogP contribution in [0.25, 0.3) is 11.2 Å². The molecule has 23 heavy (non-hydrogen) atoms. The van der Waals surface area contributed by atoms with E-state index >= 15 is 0 Å². The number of rotatable bonds is 5. The minimum atomic E-state index is -0.0330. The maximum atomic E-state index is 12.5. The van der Waals surface area contributed by atoms with Crippen LogP contribution in [0.15, 0.2) is 12.4 Å². The topological polar surface area (TPSA) is 70.7 Å². The van der Waals surface area contributed by atoms with Gasteiger partial charge in [0.2, 0.25) is 0 Å². The molecular formula is C18H24N4O. The summed E-state index contributed by atoms with van der Waals surface area (Å²) >= 11 is 0. The van der Waals surface area contributed by atoms with E-state index in [9.17, 15) is 4.79 Å². The number of aromatic nitrogens is 3. The summed E-state index contributed by atoms with van der Waals surface area (Å²) in [7, 11) is 0. The largest absolute Gasteiger partial charge is 0.352 e. The average molecular weight is 312 g/mol. The van der Waals surface area contributed by atoms with Crippen LogP contribution in [-0.4, -0.2) is 27.4 Å². The first-order valence-electron chi connectivity index (χ1n) is 8.93. The second-order valence-corrected chi connectivity index (χ2v) is 7.02. The van der Waals surface area contributed by atoms with E-state index in [4.69, 9.17) is 0 Å². The Morgan fingerprint density at radius 3 is 2.83 bits per heavy atom. The number of hydrogen-bond donors (Lipinski definition) is 2. The molecule has 2 N–H and O–H groups in total. The van der Waals surface area contributed by atoms with E-state index < -0.39 is 0 Å². The minimum absolute atomic E-state index is 0.0330. The highest BCUT2D eigenvalue weighted by Crippen LogP contribution is 2.39. The van der Waals surface area contributed by atoms with E-state index in [1.807, 2.05) is 6.20 Å². The third-order valence-electron chi connectivity index (χ3n) is 5.20. The normalized spacial score (nSPS) is 19.1. The summed E-state index contributed by atoms with van der Waals surface area (Å²) in [6.07, 6.45) is 13.7. The molecule has 5 nitrogen and oxygen atoms in total. The molecule has 2 saturated carbocycles. The molecule has 4 rings (SSSR count). The summed E-state index contributed by atoms with van der Waals surface area (Å²) in [4.78, 5) is 24.6. The van der Waals surface area contributed by atoms with Gasteiger partial charge in [-0.15, -0.1) is 0 Å². The number of aromatic amines is 1. The molecule has 2 aliphatic carbocycles. The summed E-state index contributed by atoms with van der Waals surface area (Å²) in [6, 6.07) is 0. The Morgan fingerprint density at radius 2 is 2.04 bits per heavy atom.